The first kappa shape index (κ1) is 12.3. The maximum absolute atomic E-state index is 8.19. The molecule has 0 rings (SSSR count). The van der Waals surface area contributed by atoms with Crippen molar-refractivity contribution in [2.45, 2.75) is 0 Å². The maximum atomic E-state index is 8.19. The molecule has 0 fully saturated rings. The molecule has 0 heterocycles. The molecule has 0 aliphatic heterocycles. The van der Waals surface area contributed by atoms with Crippen molar-refractivity contribution >= 4 is 40.1 Å². The summed E-state index contributed by atoms with van der Waals surface area (Å²) in [4.78, 5) is 0. The van der Waals surface area contributed by atoms with E-state index in [-0.39, 0.29) is 36.2 Å². The first-order valence-electron chi connectivity index (χ1n) is 1.72. The third-order valence-electron chi connectivity index (χ3n) is 0.311. The van der Waals surface area contributed by atoms with Crippen LogP contribution in [0.1, 0.15) is 0 Å². The van der Waals surface area contributed by atoms with Crippen LogP contribution in [0.15, 0.2) is 0 Å². The minimum absolute atomic E-state index is 0. The summed E-state index contributed by atoms with van der Waals surface area (Å²) in [7, 11) is 0. The van der Waals surface area contributed by atoms with Gasteiger partial charge in [-0.3, -0.25) is 0 Å². The van der Waals surface area contributed by atoms with Crippen molar-refractivity contribution in [3.8, 4) is 0 Å². The summed E-state index contributed by atoms with van der Waals surface area (Å²) < 4.78 is 0.481. The van der Waals surface area contributed by atoms with Crippen LogP contribution in [0.4, 0.5) is 0 Å². The van der Waals surface area contributed by atoms with Gasteiger partial charge in [-0.2, -0.15) is 0 Å². The van der Waals surface area contributed by atoms with Crippen LogP contribution >= 0.6 is 24.0 Å². The van der Waals surface area contributed by atoms with Gasteiger partial charge in [0.1, 0.15) is 0 Å². The van der Waals surface area contributed by atoms with Crippen LogP contribution in [0.3, 0.4) is 0 Å². The van der Waals surface area contributed by atoms with Crippen LogP contribution in [-0.2, 0) is 12.6 Å². The molecule has 1 N–H and O–H groups in total. The molecular formula is C3H5NaOS3. The quantitative estimate of drug-likeness (QED) is 0.286. The minimum Gasteiger partial charge on any atom is -0.422 e. The molecule has 0 spiro atoms. The van der Waals surface area contributed by atoms with Crippen LogP contribution < -0.4 is 29.6 Å². The van der Waals surface area contributed by atoms with Gasteiger partial charge in [0, 0.05) is 5.75 Å². The Hall–Kier alpha value is 1.62. The molecule has 0 bridgehead atoms. The second-order valence-corrected chi connectivity index (χ2v) is 3.52. The standard InChI is InChI=1S/C3H6OS3.Na/c4-1-2-7-3(5)6;/h4H,1-2H2,(H,5,6);/q;+1/p-1. The van der Waals surface area contributed by atoms with Crippen molar-refractivity contribution < 1.29 is 34.7 Å². The smallest absolute Gasteiger partial charge is 0.422 e. The van der Waals surface area contributed by atoms with E-state index in [4.69, 9.17) is 5.11 Å². The van der Waals surface area contributed by atoms with E-state index in [0.717, 1.165) is 0 Å². The largest absolute Gasteiger partial charge is 1.00 e. The second kappa shape index (κ2) is 8.62. The third kappa shape index (κ3) is 10.6. The van der Waals surface area contributed by atoms with Gasteiger partial charge >= 0.3 is 29.6 Å². The number of hydrogen-bond acceptors (Lipinski definition) is 4. The first-order valence-corrected chi connectivity index (χ1v) is 3.52. The average Bonchev–Trinajstić information content (AvgIpc) is 1.61. The normalized spacial score (nSPS) is 7.62. The summed E-state index contributed by atoms with van der Waals surface area (Å²) >= 11 is 10.4. The Morgan fingerprint density at radius 1 is 1.75 bits per heavy atom. The minimum atomic E-state index is 0. The molecule has 0 unspecified atom stereocenters. The Bertz CT molecular complexity index is 67.5. The van der Waals surface area contributed by atoms with Gasteiger partial charge in [-0.05, 0) is 0 Å². The molecule has 0 aliphatic rings. The van der Waals surface area contributed by atoms with Gasteiger partial charge in [0.05, 0.1) is 6.61 Å². The van der Waals surface area contributed by atoms with Crippen molar-refractivity contribution in [2.75, 3.05) is 12.4 Å². The number of thioether (sulfide) groups is 1. The predicted octanol–water partition coefficient (Wildman–Crippen LogP) is -2.45. The summed E-state index contributed by atoms with van der Waals surface area (Å²) in [5.74, 6) is 0.627. The first-order chi connectivity index (χ1) is 3.27. The van der Waals surface area contributed by atoms with Gasteiger partial charge in [0.25, 0.3) is 0 Å². The number of hydrogen-bond donors (Lipinski definition) is 1. The fourth-order valence-corrected chi connectivity index (χ4v) is 0.887. The van der Waals surface area contributed by atoms with Crippen molar-refractivity contribution in [2.24, 2.45) is 0 Å². The molecule has 0 atom stereocenters. The Kier molecular flexibility index (Phi) is 13.3. The number of aliphatic hydroxyl groups excluding tert-OH is 1. The summed E-state index contributed by atoms with van der Waals surface area (Å²) in [6, 6.07) is 0. The zero-order chi connectivity index (χ0) is 5.70. The van der Waals surface area contributed by atoms with E-state index in [0.29, 0.717) is 9.28 Å². The van der Waals surface area contributed by atoms with E-state index in [9.17, 15) is 0 Å². The predicted molar refractivity (Wildman–Crippen MR) is 39.5 cm³/mol. The van der Waals surface area contributed by atoms with Gasteiger partial charge in [-0.1, -0.05) is 3.53 Å². The molecule has 0 aromatic heterocycles. The van der Waals surface area contributed by atoms with Crippen molar-refractivity contribution in [1.82, 2.24) is 0 Å². The van der Waals surface area contributed by atoms with Crippen LogP contribution in [-0.4, -0.2) is 21.0 Å². The molecule has 8 heavy (non-hydrogen) atoms. The molecular weight excluding hydrogens is 171 g/mol. The molecule has 0 saturated carbocycles. The Morgan fingerprint density at radius 2 is 2.25 bits per heavy atom. The van der Waals surface area contributed by atoms with Crippen LogP contribution in [0, 0.1) is 0 Å². The molecule has 42 valence electrons. The fourth-order valence-electron chi connectivity index (χ4n) is 0.129. The van der Waals surface area contributed by atoms with Crippen molar-refractivity contribution in [3.63, 3.8) is 0 Å². The molecule has 0 aliphatic carbocycles. The van der Waals surface area contributed by atoms with E-state index in [1.165, 1.54) is 11.8 Å². The Labute approximate surface area is 86.3 Å². The van der Waals surface area contributed by atoms with Gasteiger partial charge in [0.15, 0.2) is 0 Å². The average molecular weight is 176 g/mol. The van der Waals surface area contributed by atoms with Gasteiger partial charge in [-0.15, -0.1) is 11.8 Å². The van der Waals surface area contributed by atoms with E-state index >= 15 is 0 Å². The van der Waals surface area contributed by atoms with Crippen LogP contribution in [0.5, 0.6) is 0 Å². The summed E-state index contributed by atoms with van der Waals surface area (Å²) in [6.45, 7) is 0.154. The third-order valence-corrected chi connectivity index (χ3v) is 1.64. The van der Waals surface area contributed by atoms with Gasteiger partial charge < -0.3 is 30.0 Å². The summed E-state index contributed by atoms with van der Waals surface area (Å²) in [5.41, 5.74) is 0. The monoisotopic (exact) mass is 176 g/mol. The van der Waals surface area contributed by atoms with E-state index in [1.54, 1.807) is 0 Å². The summed E-state index contributed by atoms with van der Waals surface area (Å²) in [6.07, 6.45) is 0. The SMILES string of the molecule is OCCSC(=S)[S-].[Na+]. The molecule has 0 saturated heterocycles. The Balaban J connectivity index is 0. The van der Waals surface area contributed by atoms with Gasteiger partial charge in [0.2, 0.25) is 0 Å². The van der Waals surface area contributed by atoms with E-state index in [2.05, 4.69) is 24.8 Å². The number of aliphatic hydroxyl groups is 1. The molecule has 1 nitrogen and oxygen atoms in total. The van der Waals surface area contributed by atoms with Crippen molar-refractivity contribution in [1.29, 1.82) is 0 Å². The van der Waals surface area contributed by atoms with Crippen LogP contribution in [0.25, 0.3) is 0 Å². The molecule has 5 heteroatoms. The van der Waals surface area contributed by atoms with Crippen molar-refractivity contribution in [3.05, 3.63) is 0 Å². The number of thiocarbonyl (C=S) groups is 1. The Morgan fingerprint density at radius 3 is 2.38 bits per heavy atom. The molecule has 0 radical (unpaired) electrons. The molecule has 0 aromatic carbocycles. The maximum Gasteiger partial charge on any atom is 1.00 e. The van der Waals surface area contributed by atoms with Crippen LogP contribution in [0.2, 0.25) is 0 Å². The van der Waals surface area contributed by atoms with E-state index < -0.39 is 0 Å². The van der Waals surface area contributed by atoms with Gasteiger partial charge in [-0.25, -0.2) is 0 Å². The van der Waals surface area contributed by atoms with E-state index in [1.807, 2.05) is 0 Å². The summed E-state index contributed by atoms with van der Waals surface area (Å²) in [5, 5.41) is 8.19. The zero-order valence-corrected chi connectivity index (χ0v) is 9.04. The molecule has 0 amide bonds. The molecule has 0 aromatic rings. The second-order valence-electron chi connectivity index (χ2n) is 0.822. The number of rotatable bonds is 2. The zero-order valence-electron chi connectivity index (χ0n) is 4.59. The topological polar surface area (TPSA) is 20.2 Å². The fraction of sp³-hybridized carbons (Fsp3) is 0.667.